The van der Waals surface area contributed by atoms with E-state index in [1.54, 1.807) is 37.4 Å². The van der Waals surface area contributed by atoms with E-state index in [4.69, 9.17) is 0 Å². The van der Waals surface area contributed by atoms with E-state index < -0.39 is 0 Å². The highest BCUT2D eigenvalue weighted by Gasteiger charge is 2.23. The van der Waals surface area contributed by atoms with Crippen molar-refractivity contribution in [3.8, 4) is 0 Å². The second-order valence-electron chi connectivity index (χ2n) is 5.82. The van der Waals surface area contributed by atoms with E-state index >= 15 is 0 Å². The van der Waals surface area contributed by atoms with Crippen LogP contribution < -0.4 is 5.32 Å². The number of hydrogen-bond acceptors (Lipinski definition) is 4. The van der Waals surface area contributed by atoms with Crippen LogP contribution in [0.1, 0.15) is 27.6 Å². The van der Waals surface area contributed by atoms with Crippen LogP contribution in [0.5, 0.6) is 0 Å². The molecule has 2 rings (SSSR count). The Bertz CT molecular complexity index is 805. The monoisotopic (exact) mass is 396 g/mol. The van der Waals surface area contributed by atoms with Gasteiger partial charge in [-0.15, -0.1) is 0 Å². The van der Waals surface area contributed by atoms with E-state index in [0.29, 0.717) is 11.4 Å². The van der Waals surface area contributed by atoms with Gasteiger partial charge in [0, 0.05) is 21.1 Å². The summed E-state index contributed by atoms with van der Waals surface area (Å²) in [5, 5.41) is 11.3. The van der Waals surface area contributed by atoms with E-state index in [1.165, 1.54) is 4.90 Å². The van der Waals surface area contributed by atoms with Gasteiger partial charge in [0.1, 0.15) is 6.54 Å². The van der Waals surface area contributed by atoms with Gasteiger partial charge >= 0.3 is 0 Å². The lowest BCUT2D eigenvalue weighted by Crippen LogP contribution is -2.25. The van der Waals surface area contributed by atoms with E-state index in [9.17, 15) is 9.59 Å². The number of anilines is 1. The van der Waals surface area contributed by atoms with Crippen LogP contribution in [0.4, 0.5) is 5.69 Å². The zero-order valence-electron chi connectivity index (χ0n) is 14.6. The fourth-order valence-corrected chi connectivity index (χ4v) is 2.55. The standard InChI is InChI=1S/C15H21BrN6O2/c1-8-12(16)9(2)22(18-8)7-11(23)17-13-10(3)21(6)19-14(13)15(24)20(4)5/h7H2,1-6H3,(H,17,23). The molecule has 0 fully saturated rings. The smallest absolute Gasteiger partial charge is 0.276 e. The molecule has 0 aliphatic rings. The van der Waals surface area contributed by atoms with Crippen molar-refractivity contribution < 1.29 is 9.59 Å². The summed E-state index contributed by atoms with van der Waals surface area (Å²) in [6, 6.07) is 0. The highest BCUT2D eigenvalue weighted by Crippen LogP contribution is 2.22. The normalized spacial score (nSPS) is 10.8. The maximum absolute atomic E-state index is 12.4. The molecule has 0 aliphatic heterocycles. The van der Waals surface area contributed by atoms with E-state index in [0.717, 1.165) is 15.9 Å². The number of rotatable bonds is 4. The molecule has 0 unspecified atom stereocenters. The molecule has 2 heterocycles. The molecule has 0 radical (unpaired) electrons. The summed E-state index contributed by atoms with van der Waals surface area (Å²) < 4.78 is 4.08. The molecule has 9 heteroatoms. The van der Waals surface area contributed by atoms with Crippen LogP contribution in [0.2, 0.25) is 0 Å². The molecule has 0 saturated carbocycles. The van der Waals surface area contributed by atoms with Gasteiger partial charge in [-0.25, -0.2) is 0 Å². The van der Waals surface area contributed by atoms with Crippen LogP contribution in [-0.4, -0.2) is 50.4 Å². The number of carbonyl (C=O) groups excluding carboxylic acids is 2. The van der Waals surface area contributed by atoms with Crippen molar-refractivity contribution in [1.82, 2.24) is 24.5 Å². The average Bonchev–Trinajstić information content (AvgIpc) is 2.91. The van der Waals surface area contributed by atoms with Gasteiger partial charge in [-0.3, -0.25) is 19.0 Å². The van der Waals surface area contributed by atoms with Gasteiger partial charge in [0.25, 0.3) is 5.91 Å². The molecule has 2 aromatic heterocycles. The van der Waals surface area contributed by atoms with E-state index in [2.05, 4.69) is 31.4 Å². The predicted octanol–water partition coefficient (Wildman–Crippen LogP) is 1.64. The molecule has 0 saturated heterocycles. The van der Waals surface area contributed by atoms with Gasteiger partial charge in [0.2, 0.25) is 5.91 Å². The number of hydrogen-bond donors (Lipinski definition) is 1. The molecule has 2 amide bonds. The number of halogens is 1. The van der Waals surface area contributed by atoms with Gasteiger partial charge < -0.3 is 10.2 Å². The zero-order valence-corrected chi connectivity index (χ0v) is 16.2. The summed E-state index contributed by atoms with van der Waals surface area (Å²) in [4.78, 5) is 26.1. The average molecular weight is 397 g/mol. The third-order valence-electron chi connectivity index (χ3n) is 3.79. The van der Waals surface area contributed by atoms with Crippen molar-refractivity contribution in [3.05, 3.63) is 27.2 Å². The summed E-state index contributed by atoms with van der Waals surface area (Å²) in [5.74, 6) is -0.528. The van der Waals surface area contributed by atoms with Crippen molar-refractivity contribution >= 4 is 33.4 Å². The van der Waals surface area contributed by atoms with Crippen LogP contribution in [0, 0.1) is 20.8 Å². The number of amides is 2. The number of aryl methyl sites for hydroxylation is 2. The lowest BCUT2D eigenvalue weighted by Gasteiger charge is -2.11. The highest BCUT2D eigenvalue weighted by molar-refractivity contribution is 9.10. The Balaban J connectivity index is 2.26. The molecular formula is C15H21BrN6O2. The Kier molecular flexibility index (Phi) is 5.12. The minimum absolute atomic E-state index is 0.0577. The van der Waals surface area contributed by atoms with E-state index in [1.807, 2.05) is 13.8 Å². The first kappa shape index (κ1) is 18.2. The molecule has 0 atom stereocenters. The van der Waals surface area contributed by atoms with Crippen LogP contribution >= 0.6 is 15.9 Å². The minimum atomic E-state index is -0.267. The van der Waals surface area contributed by atoms with Crippen LogP contribution in [0.25, 0.3) is 0 Å². The Labute approximate surface area is 148 Å². The third kappa shape index (κ3) is 3.35. The summed E-state index contributed by atoms with van der Waals surface area (Å²) in [6.45, 7) is 5.61. The molecule has 24 heavy (non-hydrogen) atoms. The number of carbonyl (C=O) groups is 2. The molecule has 130 valence electrons. The molecule has 8 nitrogen and oxygen atoms in total. The summed E-state index contributed by atoms with van der Waals surface area (Å²) in [5.41, 5.74) is 3.06. The Hall–Kier alpha value is -2.16. The van der Waals surface area contributed by atoms with Crippen molar-refractivity contribution in [1.29, 1.82) is 0 Å². The maximum Gasteiger partial charge on any atom is 0.276 e. The van der Waals surface area contributed by atoms with Crippen molar-refractivity contribution in [3.63, 3.8) is 0 Å². The molecule has 0 spiro atoms. The first-order valence-corrected chi connectivity index (χ1v) is 8.17. The Morgan fingerprint density at radius 2 is 1.79 bits per heavy atom. The van der Waals surface area contributed by atoms with Crippen molar-refractivity contribution in [2.75, 3.05) is 19.4 Å². The van der Waals surface area contributed by atoms with Gasteiger partial charge in [-0.05, 0) is 36.7 Å². The fraction of sp³-hybridized carbons (Fsp3) is 0.467. The Morgan fingerprint density at radius 3 is 2.29 bits per heavy atom. The predicted molar refractivity (Wildman–Crippen MR) is 94.0 cm³/mol. The van der Waals surface area contributed by atoms with E-state index in [-0.39, 0.29) is 24.1 Å². The number of aromatic nitrogens is 4. The first-order chi connectivity index (χ1) is 11.1. The second kappa shape index (κ2) is 6.76. The highest BCUT2D eigenvalue weighted by atomic mass is 79.9. The van der Waals surface area contributed by atoms with Gasteiger partial charge in [-0.2, -0.15) is 10.2 Å². The summed E-state index contributed by atoms with van der Waals surface area (Å²) in [6.07, 6.45) is 0. The zero-order chi connectivity index (χ0) is 18.2. The number of nitrogens with zero attached hydrogens (tertiary/aromatic N) is 5. The van der Waals surface area contributed by atoms with Crippen LogP contribution in [0.15, 0.2) is 4.47 Å². The quantitative estimate of drug-likeness (QED) is 0.850. The van der Waals surface area contributed by atoms with Crippen molar-refractivity contribution in [2.24, 2.45) is 7.05 Å². The molecule has 0 aromatic carbocycles. The van der Waals surface area contributed by atoms with Crippen molar-refractivity contribution in [2.45, 2.75) is 27.3 Å². The van der Waals surface area contributed by atoms with Gasteiger partial charge in [-0.1, -0.05) is 0 Å². The second-order valence-corrected chi connectivity index (χ2v) is 6.62. The SMILES string of the molecule is Cc1nn(CC(=O)Nc2c(C(=O)N(C)C)nn(C)c2C)c(C)c1Br. The first-order valence-electron chi connectivity index (χ1n) is 7.38. The lowest BCUT2D eigenvalue weighted by atomic mass is 10.2. The molecule has 0 aliphatic carbocycles. The number of nitrogens with one attached hydrogen (secondary N) is 1. The molecular weight excluding hydrogens is 376 g/mol. The van der Waals surface area contributed by atoms with Gasteiger partial charge in [0.05, 0.1) is 27.2 Å². The van der Waals surface area contributed by atoms with Crippen LogP contribution in [0.3, 0.4) is 0 Å². The fourth-order valence-electron chi connectivity index (χ4n) is 2.26. The molecule has 2 aromatic rings. The summed E-state index contributed by atoms with van der Waals surface area (Å²) >= 11 is 3.44. The summed E-state index contributed by atoms with van der Waals surface area (Å²) in [7, 11) is 5.02. The van der Waals surface area contributed by atoms with Gasteiger partial charge in [0.15, 0.2) is 5.69 Å². The lowest BCUT2D eigenvalue weighted by molar-refractivity contribution is -0.116. The topological polar surface area (TPSA) is 85.1 Å². The maximum atomic E-state index is 12.4. The third-order valence-corrected chi connectivity index (χ3v) is 4.94. The van der Waals surface area contributed by atoms with Crippen LogP contribution in [-0.2, 0) is 18.4 Å². The molecule has 1 N–H and O–H groups in total. The minimum Gasteiger partial charge on any atom is -0.343 e. The largest absolute Gasteiger partial charge is 0.343 e. The Morgan fingerprint density at radius 1 is 1.17 bits per heavy atom. The molecule has 0 bridgehead atoms.